The van der Waals surface area contributed by atoms with Crippen molar-refractivity contribution in [3.05, 3.63) is 295 Å². The highest BCUT2D eigenvalue weighted by Crippen LogP contribution is 2.59. The number of rotatable bonds is 9. The number of hydrogen-bond donors (Lipinski definition) is 0. The second-order valence-electron chi connectivity index (χ2n) is 17.2. The van der Waals surface area contributed by atoms with Gasteiger partial charge >= 0.3 is 0 Å². The third-order valence-corrected chi connectivity index (χ3v) is 13.5. The molecule has 66 heavy (non-hydrogen) atoms. The van der Waals surface area contributed by atoms with Crippen LogP contribution in [-0.4, -0.2) is 0 Å². The summed E-state index contributed by atoms with van der Waals surface area (Å²) in [5.74, 6) is 0. The van der Waals surface area contributed by atoms with E-state index in [1.165, 1.54) is 77.5 Å². The van der Waals surface area contributed by atoms with Gasteiger partial charge in [0.25, 0.3) is 0 Å². The van der Waals surface area contributed by atoms with E-state index in [4.69, 9.17) is 0 Å². The van der Waals surface area contributed by atoms with Gasteiger partial charge in [-0.15, -0.1) is 0 Å². The lowest BCUT2D eigenvalue weighted by Gasteiger charge is -2.34. The van der Waals surface area contributed by atoms with E-state index < -0.39 is 5.41 Å². The fourth-order valence-corrected chi connectivity index (χ4v) is 10.5. The molecule has 0 saturated carbocycles. The Morgan fingerprint density at radius 1 is 0.258 bits per heavy atom. The lowest BCUT2D eigenvalue weighted by Crippen LogP contribution is -2.28. The first-order chi connectivity index (χ1) is 32.7. The summed E-state index contributed by atoms with van der Waals surface area (Å²) in [7, 11) is 0. The van der Waals surface area contributed by atoms with Gasteiger partial charge in [0.05, 0.1) is 11.1 Å². The number of fused-ring (bicyclic) bond motifs is 4. The van der Waals surface area contributed by atoms with E-state index in [-0.39, 0.29) is 0 Å². The Balaban J connectivity index is 1.04. The number of hydrogen-bond acceptors (Lipinski definition) is 1. The molecule has 11 aromatic rings. The van der Waals surface area contributed by atoms with Gasteiger partial charge in [0.1, 0.15) is 0 Å². The molecule has 0 fully saturated rings. The zero-order valence-electron chi connectivity index (χ0n) is 36.4. The zero-order chi connectivity index (χ0) is 43.9. The molecule has 0 heterocycles. The summed E-state index contributed by atoms with van der Waals surface area (Å²) in [5.41, 5.74) is 19.8. The van der Waals surface area contributed by atoms with Gasteiger partial charge in [0.2, 0.25) is 0 Å². The van der Waals surface area contributed by atoms with Gasteiger partial charge < -0.3 is 4.90 Å². The SMILES string of the molecule is c1ccc(-c2cccc(-c3cccc(N(c4cccc(-c5ccc(-c6ccc7ccccc7c6)cc5)c4)c4cccc5c4-c4ccccc4C5(c4ccccc4)c4ccccc4)c3)c2)cc1. The second kappa shape index (κ2) is 16.6. The molecule has 310 valence electrons. The van der Waals surface area contributed by atoms with Gasteiger partial charge in [-0.1, -0.05) is 231 Å². The fourth-order valence-electron chi connectivity index (χ4n) is 10.5. The monoisotopic (exact) mass is 839 g/mol. The maximum atomic E-state index is 2.49. The number of benzene rings is 11. The minimum absolute atomic E-state index is 0.523. The molecule has 1 aliphatic rings. The molecule has 0 atom stereocenters. The van der Waals surface area contributed by atoms with Crippen molar-refractivity contribution in [2.45, 2.75) is 5.41 Å². The third kappa shape index (κ3) is 6.73. The van der Waals surface area contributed by atoms with Crippen molar-refractivity contribution in [1.82, 2.24) is 0 Å². The van der Waals surface area contributed by atoms with Crippen molar-refractivity contribution in [3.8, 4) is 55.6 Å². The molecule has 1 nitrogen and oxygen atoms in total. The Labute approximate surface area is 387 Å². The predicted molar refractivity (Wildman–Crippen MR) is 278 cm³/mol. The number of nitrogens with zero attached hydrogens (tertiary/aromatic N) is 1. The second-order valence-corrected chi connectivity index (χ2v) is 17.2. The van der Waals surface area contributed by atoms with Crippen LogP contribution < -0.4 is 4.90 Å². The van der Waals surface area contributed by atoms with Gasteiger partial charge in [-0.3, -0.25) is 0 Å². The van der Waals surface area contributed by atoms with E-state index >= 15 is 0 Å². The molecule has 0 spiro atoms. The Kier molecular flexibility index (Phi) is 9.81. The minimum Gasteiger partial charge on any atom is -0.310 e. The highest BCUT2D eigenvalue weighted by molar-refractivity contribution is 5.98. The Hall–Kier alpha value is -8.52. The van der Waals surface area contributed by atoms with Crippen molar-refractivity contribution in [2.75, 3.05) is 4.90 Å². The number of anilines is 3. The molecule has 0 N–H and O–H groups in total. The van der Waals surface area contributed by atoms with Crippen LogP contribution >= 0.6 is 0 Å². The third-order valence-electron chi connectivity index (χ3n) is 13.5. The highest BCUT2D eigenvalue weighted by atomic mass is 15.1. The van der Waals surface area contributed by atoms with Crippen molar-refractivity contribution in [2.24, 2.45) is 0 Å². The molecule has 0 saturated heterocycles. The molecular formula is C65H45N. The average Bonchev–Trinajstić information content (AvgIpc) is 3.71. The van der Waals surface area contributed by atoms with Crippen LogP contribution in [-0.2, 0) is 5.41 Å². The Morgan fingerprint density at radius 3 is 1.33 bits per heavy atom. The quantitative estimate of drug-likeness (QED) is 0.140. The molecule has 0 aliphatic heterocycles. The first-order valence-corrected chi connectivity index (χ1v) is 22.8. The maximum absolute atomic E-state index is 2.49. The molecule has 1 heteroatoms. The van der Waals surface area contributed by atoms with Crippen molar-refractivity contribution in [1.29, 1.82) is 0 Å². The smallest absolute Gasteiger partial charge is 0.0714 e. The summed E-state index contributed by atoms with van der Waals surface area (Å²) in [6.45, 7) is 0. The van der Waals surface area contributed by atoms with Gasteiger partial charge in [-0.05, 0) is 126 Å². The zero-order valence-corrected chi connectivity index (χ0v) is 36.4. The fraction of sp³-hybridized carbons (Fsp3) is 0.0154. The van der Waals surface area contributed by atoms with Gasteiger partial charge in [-0.25, -0.2) is 0 Å². The first-order valence-electron chi connectivity index (χ1n) is 22.8. The normalized spacial score (nSPS) is 12.4. The molecule has 0 amide bonds. The summed E-state index contributed by atoms with van der Waals surface area (Å²) in [6.07, 6.45) is 0. The lowest BCUT2D eigenvalue weighted by atomic mass is 9.68. The van der Waals surface area contributed by atoms with E-state index in [1.807, 2.05) is 0 Å². The first kappa shape index (κ1) is 39.1. The van der Waals surface area contributed by atoms with Crippen LogP contribution in [0.25, 0.3) is 66.4 Å². The standard InChI is InChI=1S/C65H45N/c1-4-18-46(19-5-1)51-22-14-23-52(42-51)54-25-16-31-59(45-54)66(58-30-15-24-53(44-58)48-36-38-49(39-37-48)55-41-40-47-20-10-11-21-50(47)43-55)63-35-17-34-62-64(63)60-32-12-13-33-61(60)65(62,56-26-6-2-7-27-56)57-28-8-3-9-29-57/h1-45H. The Bertz CT molecular complexity index is 3480. The van der Waals surface area contributed by atoms with E-state index in [2.05, 4.69) is 278 Å². The average molecular weight is 840 g/mol. The van der Waals surface area contributed by atoms with Crippen LogP contribution in [0.3, 0.4) is 0 Å². The van der Waals surface area contributed by atoms with E-state index in [0.29, 0.717) is 0 Å². The summed E-state index contributed by atoms with van der Waals surface area (Å²) in [4.78, 5) is 2.49. The van der Waals surface area contributed by atoms with Crippen LogP contribution in [0.15, 0.2) is 273 Å². The van der Waals surface area contributed by atoms with Crippen molar-refractivity contribution >= 4 is 27.8 Å². The van der Waals surface area contributed by atoms with Crippen LogP contribution in [0.4, 0.5) is 17.1 Å². The molecule has 1 aliphatic carbocycles. The topological polar surface area (TPSA) is 3.24 Å². The minimum atomic E-state index is -0.523. The molecule has 11 aromatic carbocycles. The van der Waals surface area contributed by atoms with E-state index in [1.54, 1.807) is 0 Å². The van der Waals surface area contributed by atoms with E-state index in [0.717, 1.165) is 28.2 Å². The summed E-state index contributed by atoms with van der Waals surface area (Å²) >= 11 is 0. The summed E-state index contributed by atoms with van der Waals surface area (Å²) < 4.78 is 0. The largest absolute Gasteiger partial charge is 0.310 e. The molecule has 12 rings (SSSR count). The van der Waals surface area contributed by atoms with Crippen LogP contribution in [0, 0.1) is 0 Å². The summed E-state index contributed by atoms with van der Waals surface area (Å²) in [6, 6.07) is 100. The summed E-state index contributed by atoms with van der Waals surface area (Å²) in [5, 5.41) is 2.50. The predicted octanol–water partition coefficient (Wildman–Crippen LogP) is 17.3. The molecule has 0 unspecified atom stereocenters. The van der Waals surface area contributed by atoms with Crippen molar-refractivity contribution < 1.29 is 0 Å². The van der Waals surface area contributed by atoms with Gasteiger partial charge in [0.15, 0.2) is 0 Å². The molecule has 0 radical (unpaired) electrons. The molecular weight excluding hydrogens is 795 g/mol. The maximum Gasteiger partial charge on any atom is 0.0714 e. The molecule has 0 bridgehead atoms. The van der Waals surface area contributed by atoms with Gasteiger partial charge in [-0.2, -0.15) is 0 Å². The van der Waals surface area contributed by atoms with Crippen LogP contribution in [0.2, 0.25) is 0 Å². The highest BCUT2D eigenvalue weighted by Gasteiger charge is 2.47. The van der Waals surface area contributed by atoms with Crippen LogP contribution in [0.5, 0.6) is 0 Å². The van der Waals surface area contributed by atoms with Gasteiger partial charge in [0, 0.05) is 16.9 Å². The van der Waals surface area contributed by atoms with Crippen molar-refractivity contribution in [3.63, 3.8) is 0 Å². The Morgan fingerprint density at radius 2 is 0.682 bits per heavy atom. The van der Waals surface area contributed by atoms with Crippen LogP contribution in [0.1, 0.15) is 22.3 Å². The lowest BCUT2D eigenvalue weighted by molar-refractivity contribution is 0.768. The van der Waals surface area contributed by atoms with E-state index in [9.17, 15) is 0 Å². The molecule has 0 aromatic heterocycles.